The molecule has 0 amide bonds. The van der Waals surface area contributed by atoms with Crippen LogP contribution in [-0.4, -0.2) is 37.6 Å². The van der Waals surface area contributed by atoms with Crippen molar-refractivity contribution >= 4 is 28.9 Å². The van der Waals surface area contributed by atoms with Crippen LogP contribution in [0.2, 0.25) is 5.02 Å². The van der Waals surface area contributed by atoms with Crippen molar-refractivity contribution in [3.8, 4) is 0 Å². The van der Waals surface area contributed by atoms with E-state index in [2.05, 4.69) is 29.7 Å². The third-order valence-electron chi connectivity index (χ3n) is 3.52. The number of hydrogen-bond donors (Lipinski definition) is 0. The maximum atomic E-state index is 6.03. The molecule has 0 bridgehead atoms. The van der Waals surface area contributed by atoms with E-state index in [9.17, 15) is 0 Å². The van der Waals surface area contributed by atoms with E-state index in [1.54, 1.807) is 0 Å². The zero-order valence-electron chi connectivity index (χ0n) is 11.7. The fourth-order valence-corrected chi connectivity index (χ4v) is 3.07. The number of anilines is 1. The predicted octanol–water partition coefficient (Wildman–Crippen LogP) is 3.86. The van der Waals surface area contributed by atoms with Crippen molar-refractivity contribution in [2.24, 2.45) is 5.92 Å². The molecule has 0 saturated carbocycles. The number of piperazine rings is 1. The third-order valence-corrected chi connectivity index (χ3v) is 4.04. The number of rotatable bonds is 4. The highest BCUT2D eigenvalue weighted by atomic mass is 35.5. The molecule has 1 aromatic carbocycles. The van der Waals surface area contributed by atoms with Crippen LogP contribution in [0.1, 0.15) is 19.4 Å². The van der Waals surface area contributed by atoms with Gasteiger partial charge in [-0.05, 0) is 29.7 Å². The second kappa shape index (κ2) is 6.83. The summed E-state index contributed by atoms with van der Waals surface area (Å²) in [5, 5.41) is 0.762. The summed E-state index contributed by atoms with van der Waals surface area (Å²) in [6.07, 6.45) is 0. The predicted molar refractivity (Wildman–Crippen MR) is 84.5 cm³/mol. The molecule has 19 heavy (non-hydrogen) atoms. The topological polar surface area (TPSA) is 6.48 Å². The minimum atomic E-state index is 0.516. The Bertz CT molecular complexity index is 413. The molecule has 0 aliphatic carbocycles. The van der Waals surface area contributed by atoms with E-state index >= 15 is 0 Å². The Hall–Kier alpha value is -0.440. The number of nitrogens with zero attached hydrogens (tertiary/aromatic N) is 2. The van der Waals surface area contributed by atoms with E-state index in [1.165, 1.54) is 12.2 Å². The van der Waals surface area contributed by atoms with E-state index in [4.69, 9.17) is 23.2 Å². The summed E-state index contributed by atoms with van der Waals surface area (Å²) in [5.41, 5.74) is 2.37. The largest absolute Gasteiger partial charge is 0.369 e. The highest BCUT2D eigenvalue weighted by Gasteiger charge is 2.19. The fourth-order valence-electron chi connectivity index (χ4n) is 2.66. The summed E-state index contributed by atoms with van der Waals surface area (Å²) in [7, 11) is 0. The standard InChI is InChI=1S/C15H22Cl2N2/c1-12(2)11-18-5-7-19(8-6-18)15-4-3-14(17)9-13(15)10-16/h3-4,9,12H,5-8,10-11H2,1-2H3. The first-order valence-corrected chi connectivity index (χ1v) is 7.83. The molecule has 106 valence electrons. The molecule has 0 N–H and O–H groups in total. The van der Waals surface area contributed by atoms with Gasteiger partial charge in [-0.25, -0.2) is 0 Å². The molecule has 1 aliphatic heterocycles. The van der Waals surface area contributed by atoms with Gasteiger partial charge in [-0.1, -0.05) is 25.4 Å². The van der Waals surface area contributed by atoms with Gasteiger partial charge < -0.3 is 4.90 Å². The van der Waals surface area contributed by atoms with Crippen molar-refractivity contribution in [3.63, 3.8) is 0 Å². The molecule has 4 heteroatoms. The Labute approximate surface area is 126 Å². The zero-order valence-corrected chi connectivity index (χ0v) is 13.2. The molecule has 1 aliphatic rings. The lowest BCUT2D eigenvalue weighted by Crippen LogP contribution is -2.47. The van der Waals surface area contributed by atoms with Gasteiger partial charge >= 0.3 is 0 Å². The number of alkyl halides is 1. The Balaban J connectivity index is 2.01. The normalized spacial score (nSPS) is 17.2. The number of halogens is 2. The summed E-state index contributed by atoms with van der Waals surface area (Å²) in [6.45, 7) is 10.1. The summed E-state index contributed by atoms with van der Waals surface area (Å²) >= 11 is 12.1. The van der Waals surface area contributed by atoms with Crippen LogP contribution in [-0.2, 0) is 5.88 Å². The van der Waals surface area contributed by atoms with Crippen molar-refractivity contribution < 1.29 is 0 Å². The van der Waals surface area contributed by atoms with E-state index in [-0.39, 0.29) is 0 Å². The summed E-state index contributed by atoms with van der Waals surface area (Å²) in [4.78, 5) is 4.96. The Kier molecular flexibility index (Phi) is 5.37. The van der Waals surface area contributed by atoms with Gasteiger partial charge in [-0.15, -0.1) is 11.6 Å². The SMILES string of the molecule is CC(C)CN1CCN(c2ccc(Cl)cc2CCl)CC1. The van der Waals surface area contributed by atoms with Gasteiger partial charge in [-0.2, -0.15) is 0 Å². The van der Waals surface area contributed by atoms with Crippen molar-refractivity contribution in [2.75, 3.05) is 37.6 Å². The van der Waals surface area contributed by atoms with Crippen LogP contribution < -0.4 is 4.90 Å². The lowest BCUT2D eigenvalue weighted by Gasteiger charge is -2.37. The van der Waals surface area contributed by atoms with Crippen LogP contribution in [0.3, 0.4) is 0 Å². The van der Waals surface area contributed by atoms with E-state index in [0.717, 1.165) is 42.7 Å². The van der Waals surface area contributed by atoms with Crippen LogP contribution in [0.25, 0.3) is 0 Å². The second-order valence-corrected chi connectivity index (χ2v) is 6.29. The molecule has 0 unspecified atom stereocenters. The van der Waals surface area contributed by atoms with Gasteiger partial charge in [-0.3, -0.25) is 4.90 Å². The van der Waals surface area contributed by atoms with Crippen molar-refractivity contribution in [1.29, 1.82) is 0 Å². The van der Waals surface area contributed by atoms with E-state index in [1.807, 2.05) is 12.1 Å². The molecule has 1 fully saturated rings. The molecule has 1 saturated heterocycles. The Morgan fingerprint density at radius 1 is 1.16 bits per heavy atom. The van der Waals surface area contributed by atoms with Crippen LogP contribution in [0.5, 0.6) is 0 Å². The quantitative estimate of drug-likeness (QED) is 0.779. The molecule has 0 radical (unpaired) electrons. The molecular weight excluding hydrogens is 279 g/mol. The third kappa shape index (κ3) is 4.01. The molecule has 2 rings (SSSR count). The van der Waals surface area contributed by atoms with Gasteiger partial charge in [0.1, 0.15) is 0 Å². The highest BCUT2D eigenvalue weighted by molar-refractivity contribution is 6.30. The van der Waals surface area contributed by atoms with Gasteiger partial charge in [0.15, 0.2) is 0 Å². The van der Waals surface area contributed by atoms with Gasteiger partial charge in [0.2, 0.25) is 0 Å². The van der Waals surface area contributed by atoms with Crippen molar-refractivity contribution in [3.05, 3.63) is 28.8 Å². The first-order valence-electron chi connectivity index (χ1n) is 6.92. The molecule has 2 nitrogen and oxygen atoms in total. The zero-order chi connectivity index (χ0) is 13.8. The minimum Gasteiger partial charge on any atom is -0.369 e. The maximum Gasteiger partial charge on any atom is 0.0495 e. The maximum absolute atomic E-state index is 6.03. The second-order valence-electron chi connectivity index (χ2n) is 5.59. The molecule has 0 spiro atoms. The molecule has 0 aromatic heterocycles. The average molecular weight is 301 g/mol. The Morgan fingerprint density at radius 3 is 2.42 bits per heavy atom. The smallest absolute Gasteiger partial charge is 0.0495 e. The monoisotopic (exact) mass is 300 g/mol. The van der Waals surface area contributed by atoms with Gasteiger partial charge in [0, 0.05) is 49.3 Å². The molecule has 0 atom stereocenters. The van der Waals surface area contributed by atoms with Crippen LogP contribution in [0.15, 0.2) is 18.2 Å². The highest BCUT2D eigenvalue weighted by Crippen LogP contribution is 2.26. The van der Waals surface area contributed by atoms with Gasteiger partial charge in [0.05, 0.1) is 0 Å². The molecule has 1 aromatic rings. The van der Waals surface area contributed by atoms with Crippen LogP contribution >= 0.6 is 23.2 Å². The fraction of sp³-hybridized carbons (Fsp3) is 0.600. The Morgan fingerprint density at radius 2 is 1.84 bits per heavy atom. The van der Waals surface area contributed by atoms with Crippen LogP contribution in [0.4, 0.5) is 5.69 Å². The molecular formula is C15H22Cl2N2. The minimum absolute atomic E-state index is 0.516. The van der Waals surface area contributed by atoms with Crippen LogP contribution in [0, 0.1) is 5.92 Å². The molecule has 1 heterocycles. The summed E-state index contributed by atoms with van der Waals surface area (Å²) in [5.74, 6) is 1.25. The van der Waals surface area contributed by atoms with E-state index < -0.39 is 0 Å². The first-order chi connectivity index (χ1) is 9.10. The average Bonchev–Trinajstić information content (AvgIpc) is 2.39. The summed E-state index contributed by atoms with van der Waals surface area (Å²) < 4.78 is 0. The summed E-state index contributed by atoms with van der Waals surface area (Å²) in [6, 6.07) is 6.02. The van der Waals surface area contributed by atoms with Crippen molar-refractivity contribution in [2.45, 2.75) is 19.7 Å². The van der Waals surface area contributed by atoms with Gasteiger partial charge in [0.25, 0.3) is 0 Å². The number of benzene rings is 1. The lowest BCUT2D eigenvalue weighted by molar-refractivity contribution is 0.231. The lowest BCUT2D eigenvalue weighted by atomic mass is 10.1. The number of hydrogen-bond acceptors (Lipinski definition) is 2. The first kappa shape index (κ1) is 15.0. The van der Waals surface area contributed by atoms with Crippen molar-refractivity contribution in [1.82, 2.24) is 4.90 Å². The van der Waals surface area contributed by atoms with E-state index in [0.29, 0.717) is 5.88 Å².